The average Bonchev–Trinajstić information content (AvgIpc) is 2.11. The molecule has 0 amide bonds. The Morgan fingerprint density at radius 3 is 2.38 bits per heavy atom. The standard InChI is InChI=1S/C10H22O2Si/c1-5-7-8-13(3,4)12-10(6-2)9-11/h9-10H,5-8H2,1-4H3. The van der Waals surface area contributed by atoms with Gasteiger partial charge in [-0.3, -0.25) is 0 Å². The molecule has 0 aromatic heterocycles. The van der Waals surface area contributed by atoms with Gasteiger partial charge < -0.3 is 9.22 Å². The quantitative estimate of drug-likeness (QED) is 0.468. The van der Waals surface area contributed by atoms with Gasteiger partial charge in [0, 0.05) is 0 Å². The zero-order chi connectivity index (χ0) is 10.3. The van der Waals surface area contributed by atoms with E-state index in [2.05, 4.69) is 20.0 Å². The SMILES string of the molecule is CCCC[Si](C)(C)OC(C=O)CC. The highest BCUT2D eigenvalue weighted by Gasteiger charge is 2.24. The van der Waals surface area contributed by atoms with Crippen LogP contribution in [0.1, 0.15) is 33.1 Å². The minimum Gasteiger partial charge on any atom is -0.408 e. The van der Waals surface area contributed by atoms with E-state index in [1.165, 1.54) is 12.8 Å². The topological polar surface area (TPSA) is 26.3 Å². The van der Waals surface area contributed by atoms with Crippen molar-refractivity contribution in [1.82, 2.24) is 0 Å². The molecule has 0 N–H and O–H groups in total. The Morgan fingerprint density at radius 2 is 2.00 bits per heavy atom. The average molecular weight is 202 g/mol. The molecule has 0 radical (unpaired) electrons. The Kier molecular flexibility index (Phi) is 6.25. The van der Waals surface area contributed by atoms with Gasteiger partial charge in [0.05, 0.1) is 0 Å². The van der Waals surface area contributed by atoms with E-state index in [0.29, 0.717) is 0 Å². The van der Waals surface area contributed by atoms with Crippen molar-refractivity contribution in [2.45, 2.75) is 58.4 Å². The molecule has 0 saturated heterocycles. The van der Waals surface area contributed by atoms with Crippen molar-refractivity contribution in [3.63, 3.8) is 0 Å². The molecule has 0 aliphatic rings. The van der Waals surface area contributed by atoms with Crippen molar-refractivity contribution in [2.24, 2.45) is 0 Å². The van der Waals surface area contributed by atoms with E-state index >= 15 is 0 Å². The first-order valence-electron chi connectivity index (χ1n) is 5.18. The summed E-state index contributed by atoms with van der Waals surface area (Å²) in [6.45, 7) is 8.55. The maximum atomic E-state index is 10.6. The highest BCUT2D eigenvalue weighted by molar-refractivity contribution is 6.71. The smallest absolute Gasteiger partial charge is 0.187 e. The van der Waals surface area contributed by atoms with E-state index < -0.39 is 8.32 Å². The van der Waals surface area contributed by atoms with Crippen LogP contribution in [-0.4, -0.2) is 20.7 Å². The molecule has 3 heteroatoms. The van der Waals surface area contributed by atoms with Gasteiger partial charge in [-0.05, 0) is 25.6 Å². The molecule has 0 aromatic carbocycles. The Labute approximate surface area is 82.8 Å². The van der Waals surface area contributed by atoms with Crippen LogP contribution in [0.25, 0.3) is 0 Å². The number of aldehydes is 1. The van der Waals surface area contributed by atoms with Crippen LogP contribution in [0.5, 0.6) is 0 Å². The van der Waals surface area contributed by atoms with Crippen LogP contribution in [0.2, 0.25) is 19.1 Å². The molecule has 0 aliphatic carbocycles. The summed E-state index contributed by atoms with van der Waals surface area (Å²) < 4.78 is 5.81. The van der Waals surface area contributed by atoms with Crippen LogP contribution in [0.15, 0.2) is 0 Å². The number of unbranched alkanes of at least 4 members (excludes halogenated alkanes) is 1. The lowest BCUT2D eigenvalue weighted by Crippen LogP contribution is -2.35. The van der Waals surface area contributed by atoms with Crippen LogP contribution >= 0.6 is 0 Å². The fourth-order valence-electron chi connectivity index (χ4n) is 1.28. The zero-order valence-corrected chi connectivity index (χ0v) is 10.3. The maximum absolute atomic E-state index is 10.6. The van der Waals surface area contributed by atoms with Crippen molar-refractivity contribution < 1.29 is 9.22 Å². The number of rotatable bonds is 7. The Balaban J connectivity index is 3.90. The molecule has 78 valence electrons. The molecular weight excluding hydrogens is 180 g/mol. The summed E-state index contributed by atoms with van der Waals surface area (Å²) in [4.78, 5) is 10.6. The van der Waals surface area contributed by atoms with Crippen LogP contribution < -0.4 is 0 Å². The minimum atomic E-state index is -1.56. The third-order valence-electron chi connectivity index (χ3n) is 2.16. The third kappa shape index (κ3) is 5.99. The second kappa shape index (κ2) is 6.32. The molecule has 13 heavy (non-hydrogen) atoms. The number of carbonyl (C=O) groups excluding carboxylic acids is 1. The Bertz CT molecular complexity index is 146. The van der Waals surface area contributed by atoms with Crippen LogP contribution in [0, 0.1) is 0 Å². The summed E-state index contributed by atoms with van der Waals surface area (Å²) in [7, 11) is -1.56. The second-order valence-electron chi connectivity index (χ2n) is 4.06. The summed E-state index contributed by atoms with van der Waals surface area (Å²) in [5, 5.41) is 0. The number of hydrogen-bond donors (Lipinski definition) is 0. The molecule has 1 unspecified atom stereocenters. The molecule has 0 aromatic rings. The molecule has 0 heterocycles. The van der Waals surface area contributed by atoms with Gasteiger partial charge in [-0.15, -0.1) is 0 Å². The molecule has 0 rings (SSSR count). The predicted molar refractivity (Wildman–Crippen MR) is 58.4 cm³/mol. The highest BCUT2D eigenvalue weighted by atomic mass is 28.4. The summed E-state index contributed by atoms with van der Waals surface area (Å²) >= 11 is 0. The molecule has 0 bridgehead atoms. The van der Waals surface area contributed by atoms with Crippen molar-refractivity contribution in [3.05, 3.63) is 0 Å². The number of hydrogen-bond acceptors (Lipinski definition) is 2. The monoisotopic (exact) mass is 202 g/mol. The Morgan fingerprint density at radius 1 is 1.38 bits per heavy atom. The Hall–Kier alpha value is -0.153. The van der Waals surface area contributed by atoms with E-state index in [4.69, 9.17) is 4.43 Å². The van der Waals surface area contributed by atoms with Gasteiger partial charge in [0.1, 0.15) is 12.4 Å². The minimum absolute atomic E-state index is 0.168. The molecule has 0 saturated carbocycles. The molecule has 0 fully saturated rings. The first-order chi connectivity index (χ1) is 6.05. The van der Waals surface area contributed by atoms with E-state index in [1.54, 1.807) is 0 Å². The van der Waals surface area contributed by atoms with E-state index in [1.807, 2.05) is 6.92 Å². The van der Waals surface area contributed by atoms with Gasteiger partial charge in [0.15, 0.2) is 8.32 Å². The van der Waals surface area contributed by atoms with Gasteiger partial charge in [0.25, 0.3) is 0 Å². The van der Waals surface area contributed by atoms with Gasteiger partial charge in [-0.1, -0.05) is 26.7 Å². The van der Waals surface area contributed by atoms with Crippen LogP contribution in [0.3, 0.4) is 0 Å². The molecule has 1 atom stereocenters. The third-order valence-corrected chi connectivity index (χ3v) is 4.66. The van der Waals surface area contributed by atoms with Gasteiger partial charge in [-0.25, -0.2) is 0 Å². The molecular formula is C10H22O2Si. The lowest BCUT2D eigenvalue weighted by Gasteiger charge is -2.25. The van der Waals surface area contributed by atoms with Crippen LogP contribution in [-0.2, 0) is 9.22 Å². The largest absolute Gasteiger partial charge is 0.408 e. The summed E-state index contributed by atoms with van der Waals surface area (Å²) in [6.07, 6.45) is 3.98. The van der Waals surface area contributed by atoms with Gasteiger partial charge in [0.2, 0.25) is 0 Å². The van der Waals surface area contributed by atoms with E-state index in [9.17, 15) is 4.79 Å². The lowest BCUT2D eigenvalue weighted by molar-refractivity contribution is -0.114. The number of carbonyl (C=O) groups is 1. The highest BCUT2D eigenvalue weighted by Crippen LogP contribution is 2.17. The zero-order valence-electron chi connectivity index (χ0n) is 9.30. The van der Waals surface area contributed by atoms with Crippen LogP contribution in [0.4, 0.5) is 0 Å². The van der Waals surface area contributed by atoms with E-state index in [0.717, 1.165) is 18.8 Å². The maximum Gasteiger partial charge on any atom is 0.187 e. The molecule has 0 aliphatic heterocycles. The molecule has 0 spiro atoms. The van der Waals surface area contributed by atoms with E-state index in [-0.39, 0.29) is 6.10 Å². The molecule has 2 nitrogen and oxygen atoms in total. The summed E-state index contributed by atoms with van der Waals surface area (Å²) in [5.41, 5.74) is 0. The lowest BCUT2D eigenvalue weighted by atomic mass is 10.3. The van der Waals surface area contributed by atoms with Crippen molar-refractivity contribution in [3.8, 4) is 0 Å². The van der Waals surface area contributed by atoms with Crippen molar-refractivity contribution in [2.75, 3.05) is 0 Å². The van der Waals surface area contributed by atoms with Gasteiger partial charge in [-0.2, -0.15) is 0 Å². The fourth-order valence-corrected chi connectivity index (χ4v) is 3.64. The van der Waals surface area contributed by atoms with Gasteiger partial charge >= 0.3 is 0 Å². The second-order valence-corrected chi connectivity index (χ2v) is 8.32. The predicted octanol–water partition coefficient (Wildman–Crippen LogP) is 2.99. The fraction of sp³-hybridized carbons (Fsp3) is 0.900. The first-order valence-corrected chi connectivity index (χ1v) is 8.30. The van der Waals surface area contributed by atoms with Crippen molar-refractivity contribution in [1.29, 1.82) is 0 Å². The van der Waals surface area contributed by atoms with Crippen molar-refractivity contribution >= 4 is 14.6 Å². The normalized spacial score (nSPS) is 14.2. The summed E-state index contributed by atoms with van der Waals surface area (Å²) in [6, 6.07) is 1.16. The summed E-state index contributed by atoms with van der Waals surface area (Å²) in [5.74, 6) is 0. The first kappa shape index (κ1) is 12.8.